The first-order chi connectivity index (χ1) is 7.04. The molecule has 0 aromatic rings. The Morgan fingerprint density at radius 2 is 1.60 bits per heavy atom. The average Bonchev–Trinajstić information content (AvgIpc) is 2.21. The van der Waals surface area contributed by atoms with Crippen molar-refractivity contribution >= 4 is 5.78 Å². The molecule has 90 valence electrons. The number of unbranched alkanes of at least 4 members (excludes halogenated alkanes) is 4. The van der Waals surface area contributed by atoms with Gasteiger partial charge in [0.2, 0.25) is 5.78 Å². The van der Waals surface area contributed by atoms with Gasteiger partial charge in [0.15, 0.2) is 0 Å². The zero-order chi connectivity index (χ0) is 11.7. The van der Waals surface area contributed by atoms with Gasteiger partial charge < -0.3 is 0 Å². The molecule has 1 nitrogen and oxygen atoms in total. The fraction of sp³-hybridized carbons (Fsp3) is 0.917. The molecule has 0 heterocycles. The lowest BCUT2D eigenvalue weighted by atomic mass is 10.0. The zero-order valence-corrected chi connectivity index (χ0v) is 9.82. The van der Waals surface area contributed by atoms with Crippen LogP contribution in [0.15, 0.2) is 0 Å². The van der Waals surface area contributed by atoms with Gasteiger partial charge in [-0.1, -0.05) is 39.5 Å². The lowest BCUT2D eigenvalue weighted by Gasteiger charge is -2.14. The predicted octanol–water partition coefficient (Wildman–Crippen LogP) is 4.35. The fourth-order valence-electron chi connectivity index (χ4n) is 1.43. The molecule has 0 aliphatic heterocycles. The van der Waals surface area contributed by atoms with Crippen molar-refractivity contribution in [2.45, 2.75) is 71.1 Å². The van der Waals surface area contributed by atoms with E-state index >= 15 is 0 Å². The second-order valence-electron chi connectivity index (χ2n) is 4.04. The smallest absolute Gasteiger partial charge is 0.293 e. The summed E-state index contributed by atoms with van der Waals surface area (Å²) >= 11 is 0. The second kappa shape index (κ2) is 7.77. The molecule has 0 aliphatic carbocycles. The molecule has 15 heavy (non-hydrogen) atoms. The third kappa shape index (κ3) is 6.58. The van der Waals surface area contributed by atoms with Crippen LogP contribution in [0.4, 0.5) is 8.78 Å². The molecule has 0 aromatic heterocycles. The maximum atomic E-state index is 13.2. The van der Waals surface area contributed by atoms with Crippen molar-refractivity contribution in [3.63, 3.8) is 0 Å². The molecule has 0 bridgehead atoms. The van der Waals surface area contributed by atoms with Crippen molar-refractivity contribution in [1.29, 1.82) is 0 Å². The summed E-state index contributed by atoms with van der Waals surface area (Å²) in [5, 5.41) is 0. The van der Waals surface area contributed by atoms with Crippen molar-refractivity contribution in [1.82, 2.24) is 0 Å². The van der Waals surface area contributed by atoms with E-state index in [1.54, 1.807) is 0 Å². The molecule has 0 rings (SSSR count). The van der Waals surface area contributed by atoms with Gasteiger partial charge in [-0.15, -0.1) is 0 Å². The molecule has 0 amide bonds. The maximum Gasteiger partial charge on any atom is 0.305 e. The van der Waals surface area contributed by atoms with Gasteiger partial charge in [0.1, 0.15) is 0 Å². The van der Waals surface area contributed by atoms with Crippen LogP contribution in [0.5, 0.6) is 0 Å². The highest BCUT2D eigenvalue weighted by atomic mass is 19.3. The first-order valence-corrected chi connectivity index (χ1v) is 5.95. The van der Waals surface area contributed by atoms with E-state index in [-0.39, 0.29) is 12.8 Å². The highest BCUT2D eigenvalue weighted by Crippen LogP contribution is 2.25. The van der Waals surface area contributed by atoms with E-state index in [4.69, 9.17) is 0 Å². The lowest BCUT2D eigenvalue weighted by molar-refractivity contribution is -0.144. The molecule has 0 N–H and O–H groups in total. The van der Waals surface area contributed by atoms with Gasteiger partial charge in [-0.25, -0.2) is 0 Å². The largest absolute Gasteiger partial charge is 0.305 e. The van der Waals surface area contributed by atoms with Gasteiger partial charge >= 0.3 is 5.92 Å². The number of halogens is 2. The molecule has 0 radical (unpaired) electrons. The normalized spacial score (nSPS) is 11.7. The number of carbonyl (C=O) groups excluding carboxylic acids is 1. The highest BCUT2D eigenvalue weighted by molar-refractivity contribution is 5.85. The zero-order valence-electron chi connectivity index (χ0n) is 9.82. The Hall–Kier alpha value is -0.470. The van der Waals surface area contributed by atoms with Crippen LogP contribution in [-0.4, -0.2) is 11.7 Å². The third-order valence-electron chi connectivity index (χ3n) is 2.51. The number of carbonyl (C=O) groups is 1. The molecular weight excluding hydrogens is 198 g/mol. The molecular formula is C12H22F2O. The Balaban J connectivity index is 3.78. The van der Waals surface area contributed by atoms with Crippen LogP contribution in [0.25, 0.3) is 0 Å². The molecule has 0 aromatic carbocycles. The van der Waals surface area contributed by atoms with Crippen LogP contribution in [-0.2, 0) is 4.79 Å². The monoisotopic (exact) mass is 220 g/mol. The van der Waals surface area contributed by atoms with Gasteiger partial charge in [0, 0.05) is 12.8 Å². The topological polar surface area (TPSA) is 17.1 Å². The van der Waals surface area contributed by atoms with Crippen molar-refractivity contribution in [2.24, 2.45) is 0 Å². The van der Waals surface area contributed by atoms with Crippen LogP contribution in [0, 0.1) is 0 Å². The standard InChI is InChI=1S/C12H22F2O/c1-3-5-7-8-10-12(13,14)11(15)9-6-4-2/h3-10H2,1-2H3. The molecule has 0 saturated heterocycles. The average molecular weight is 220 g/mol. The van der Waals surface area contributed by atoms with E-state index < -0.39 is 11.7 Å². The molecule has 0 aliphatic rings. The van der Waals surface area contributed by atoms with Crippen molar-refractivity contribution in [3.8, 4) is 0 Å². The molecule has 0 atom stereocenters. The minimum absolute atomic E-state index is 0.0251. The summed E-state index contributed by atoms with van der Waals surface area (Å²) in [6.07, 6.45) is 4.37. The molecule has 0 spiro atoms. The summed E-state index contributed by atoms with van der Waals surface area (Å²) < 4.78 is 26.4. The third-order valence-corrected chi connectivity index (χ3v) is 2.51. The number of rotatable bonds is 9. The number of alkyl halides is 2. The molecule has 0 saturated carbocycles. The fourth-order valence-corrected chi connectivity index (χ4v) is 1.43. The molecule has 0 unspecified atom stereocenters. The second-order valence-corrected chi connectivity index (χ2v) is 4.04. The van der Waals surface area contributed by atoms with Crippen molar-refractivity contribution in [3.05, 3.63) is 0 Å². The summed E-state index contributed by atoms with van der Waals surface area (Å²) in [5.41, 5.74) is 0. The molecule has 0 fully saturated rings. The minimum atomic E-state index is -3.08. The lowest BCUT2D eigenvalue weighted by Crippen LogP contribution is -2.28. The van der Waals surface area contributed by atoms with E-state index in [0.717, 1.165) is 25.7 Å². The summed E-state index contributed by atoms with van der Waals surface area (Å²) in [6.45, 7) is 3.93. The van der Waals surface area contributed by atoms with Gasteiger partial charge in [-0.2, -0.15) is 8.78 Å². The van der Waals surface area contributed by atoms with Crippen LogP contribution < -0.4 is 0 Å². The van der Waals surface area contributed by atoms with Crippen molar-refractivity contribution < 1.29 is 13.6 Å². The van der Waals surface area contributed by atoms with Gasteiger partial charge in [-0.3, -0.25) is 4.79 Å². The summed E-state index contributed by atoms with van der Waals surface area (Å²) in [6, 6.07) is 0. The summed E-state index contributed by atoms with van der Waals surface area (Å²) in [4.78, 5) is 11.1. The number of Topliss-reactive ketones (excluding diaryl/α,β-unsaturated/α-hetero) is 1. The number of hydrogen-bond acceptors (Lipinski definition) is 1. The highest BCUT2D eigenvalue weighted by Gasteiger charge is 2.36. The van der Waals surface area contributed by atoms with Crippen molar-refractivity contribution in [2.75, 3.05) is 0 Å². The summed E-state index contributed by atoms with van der Waals surface area (Å²) in [7, 11) is 0. The maximum absolute atomic E-state index is 13.2. The first kappa shape index (κ1) is 14.5. The van der Waals surface area contributed by atoms with Crippen LogP contribution in [0.3, 0.4) is 0 Å². The Kier molecular flexibility index (Phi) is 7.53. The van der Waals surface area contributed by atoms with Crippen LogP contribution in [0.2, 0.25) is 0 Å². The van der Waals surface area contributed by atoms with E-state index in [1.807, 2.05) is 13.8 Å². The van der Waals surface area contributed by atoms with E-state index in [2.05, 4.69) is 0 Å². The van der Waals surface area contributed by atoms with Gasteiger partial charge in [0.05, 0.1) is 0 Å². The van der Waals surface area contributed by atoms with Gasteiger partial charge in [-0.05, 0) is 12.8 Å². The minimum Gasteiger partial charge on any atom is -0.293 e. The first-order valence-electron chi connectivity index (χ1n) is 5.95. The Labute approximate surface area is 91.2 Å². The van der Waals surface area contributed by atoms with E-state index in [0.29, 0.717) is 12.8 Å². The predicted molar refractivity (Wildman–Crippen MR) is 58.2 cm³/mol. The van der Waals surface area contributed by atoms with Crippen LogP contribution >= 0.6 is 0 Å². The van der Waals surface area contributed by atoms with Crippen LogP contribution in [0.1, 0.15) is 65.2 Å². The van der Waals surface area contributed by atoms with E-state index in [1.165, 1.54) is 0 Å². The number of ketones is 1. The Morgan fingerprint density at radius 1 is 1.00 bits per heavy atom. The van der Waals surface area contributed by atoms with Gasteiger partial charge in [0.25, 0.3) is 0 Å². The summed E-state index contributed by atoms with van der Waals surface area (Å²) in [5.74, 6) is -3.95. The molecule has 3 heteroatoms. The Morgan fingerprint density at radius 3 is 2.13 bits per heavy atom. The SMILES string of the molecule is CCCCCCC(F)(F)C(=O)CCCC. The quantitative estimate of drug-likeness (QED) is 0.528. The Bertz CT molecular complexity index is 178. The number of hydrogen-bond donors (Lipinski definition) is 0. The van der Waals surface area contributed by atoms with E-state index in [9.17, 15) is 13.6 Å².